The Bertz CT molecular complexity index is 952. The largest absolute Gasteiger partial charge is 0.302 e. The van der Waals surface area contributed by atoms with Crippen molar-refractivity contribution in [1.29, 1.82) is 5.26 Å². The van der Waals surface area contributed by atoms with Gasteiger partial charge in [0, 0.05) is 11.5 Å². The van der Waals surface area contributed by atoms with Crippen molar-refractivity contribution in [3.8, 4) is 22.3 Å². The zero-order chi connectivity index (χ0) is 17.2. The first-order chi connectivity index (χ1) is 12.2. The van der Waals surface area contributed by atoms with E-state index in [1.807, 2.05) is 12.1 Å². The van der Waals surface area contributed by atoms with Crippen molar-refractivity contribution in [3.63, 3.8) is 0 Å². The highest BCUT2D eigenvalue weighted by atomic mass is 32.1. The number of hydrogen-bond acceptors (Lipinski definition) is 6. The van der Waals surface area contributed by atoms with E-state index in [0.29, 0.717) is 16.4 Å². The van der Waals surface area contributed by atoms with Gasteiger partial charge in [-0.2, -0.15) is 10.4 Å². The van der Waals surface area contributed by atoms with Crippen LogP contribution in [0.2, 0.25) is 0 Å². The highest BCUT2D eigenvalue weighted by Crippen LogP contribution is 2.35. The normalized spacial score (nSPS) is 13.9. The minimum Gasteiger partial charge on any atom is -0.302 e. The fraction of sp³-hybridized carbons (Fsp3) is 0.235. The molecule has 7 nitrogen and oxygen atoms in total. The van der Waals surface area contributed by atoms with Crippen molar-refractivity contribution in [3.05, 3.63) is 42.5 Å². The van der Waals surface area contributed by atoms with Gasteiger partial charge in [0.05, 0.1) is 11.6 Å². The number of hydrogen-bond donors (Lipinski definition) is 1. The Hall–Kier alpha value is -3.05. The standard InChI is InChI=1S/C17H14N6OS/c18-8-11-3-1-6-13(7-11)14-16(23-10-19-9-20-23)25-17(21-14)22-15(24)12-4-2-5-12/h1,3,6-7,9-10,12H,2,4-5H2,(H,21,22,24). The second kappa shape index (κ2) is 6.45. The molecular formula is C17H14N6OS. The Balaban J connectivity index is 1.73. The molecule has 1 aliphatic carbocycles. The maximum atomic E-state index is 12.2. The maximum Gasteiger partial charge on any atom is 0.229 e. The van der Waals surface area contributed by atoms with Gasteiger partial charge in [-0.25, -0.2) is 14.6 Å². The van der Waals surface area contributed by atoms with E-state index in [1.54, 1.807) is 23.1 Å². The summed E-state index contributed by atoms with van der Waals surface area (Å²) in [7, 11) is 0. The van der Waals surface area contributed by atoms with E-state index >= 15 is 0 Å². The molecule has 8 heteroatoms. The fourth-order valence-corrected chi connectivity index (χ4v) is 3.56. The number of amides is 1. The Kier molecular flexibility index (Phi) is 3.99. The molecule has 4 rings (SSSR count). The molecule has 0 unspecified atom stereocenters. The van der Waals surface area contributed by atoms with Crippen LogP contribution in [0.5, 0.6) is 0 Å². The zero-order valence-corrected chi connectivity index (χ0v) is 14.0. The monoisotopic (exact) mass is 350 g/mol. The minimum absolute atomic E-state index is 0.0162. The van der Waals surface area contributed by atoms with Crippen LogP contribution in [0.4, 0.5) is 5.13 Å². The van der Waals surface area contributed by atoms with Gasteiger partial charge >= 0.3 is 0 Å². The van der Waals surface area contributed by atoms with E-state index in [9.17, 15) is 4.79 Å². The van der Waals surface area contributed by atoms with Gasteiger partial charge in [-0.3, -0.25) is 4.79 Å². The Morgan fingerprint density at radius 1 is 1.40 bits per heavy atom. The number of carbonyl (C=O) groups excluding carboxylic acids is 1. The highest BCUT2D eigenvalue weighted by molar-refractivity contribution is 7.18. The van der Waals surface area contributed by atoms with E-state index in [0.717, 1.165) is 29.8 Å². The molecule has 1 aliphatic rings. The van der Waals surface area contributed by atoms with Gasteiger partial charge in [0.2, 0.25) is 5.91 Å². The van der Waals surface area contributed by atoms with Crippen molar-refractivity contribution in [2.24, 2.45) is 5.92 Å². The molecule has 1 aromatic carbocycles. The predicted molar refractivity (Wildman–Crippen MR) is 93.2 cm³/mol. The van der Waals surface area contributed by atoms with Crippen LogP contribution in [0.1, 0.15) is 24.8 Å². The van der Waals surface area contributed by atoms with Crippen molar-refractivity contribution in [2.45, 2.75) is 19.3 Å². The third-order valence-electron chi connectivity index (χ3n) is 4.21. The number of nitriles is 1. The van der Waals surface area contributed by atoms with Gasteiger partial charge in [0.15, 0.2) is 5.13 Å². The summed E-state index contributed by atoms with van der Waals surface area (Å²) in [4.78, 5) is 20.8. The Labute approximate surface area is 148 Å². The summed E-state index contributed by atoms with van der Waals surface area (Å²) in [5.74, 6) is 0.103. The van der Waals surface area contributed by atoms with E-state index in [2.05, 4.69) is 26.5 Å². The molecule has 1 amide bonds. The van der Waals surface area contributed by atoms with Crippen LogP contribution in [0.25, 0.3) is 16.3 Å². The molecule has 1 saturated carbocycles. The summed E-state index contributed by atoms with van der Waals surface area (Å²) in [6, 6.07) is 9.34. The van der Waals surface area contributed by atoms with Crippen LogP contribution in [0.15, 0.2) is 36.9 Å². The number of benzene rings is 1. The van der Waals surface area contributed by atoms with Crippen molar-refractivity contribution in [1.82, 2.24) is 19.7 Å². The van der Waals surface area contributed by atoms with Crippen molar-refractivity contribution < 1.29 is 4.79 Å². The van der Waals surface area contributed by atoms with Crippen LogP contribution in [0.3, 0.4) is 0 Å². The number of nitrogens with zero attached hydrogens (tertiary/aromatic N) is 5. The summed E-state index contributed by atoms with van der Waals surface area (Å²) in [5, 5.41) is 17.5. The average molecular weight is 350 g/mol. The molecule has 1 fully saturated rings. The summed E-state index contributed by atoms with van der Waals surface area (Å²) in [6.45, 7) is 0. The molecule has 0 atom stereocenters. The molecule has 2 heterocycles. The van der Waals surface area contributed by atoms with Crippen LogP contribution in [0, 0.1) is 17.2 Å². The lowest BCUT2D eigenvalue weighted by Crippen LogP contribution is -2.27. The van der Waals surface area contributed by atoms with Gasteiger partial charge in [0.25, 0.3) is 0 Å². The SMILES string of the molecule is N#Cc1cccc(-c2nc(NC(=O)C3CCC3)sc2-n2cncn2)c1. The van der Waals surface area contributed by atoms with E-state index in [-0.39, 0.29) is 11.8 Å². The summed E-state index contributed by atoms with van der Waals surface area (Å²) in [5.41, 5.74) is 2.01. The summed E-state index contributed by atoms with van der Waals surface area (Å²) < 4.78 is 1.62. The average Bonchev–Trinajstić information content (AvgIpc) is 3.22. The van der Waals surface area contributed by atoms with Crippen LogP contribution < -0.4 is 5.32 Å². The van der Waals surface area contributed by atoms with Gasteiger partial charge in [-0.05, 0) is 25.0 Å². The smallest absolute Gasteiger partial charge is 0.229 e. The number of rotatable bonds is 4. The molecule has 0 bridgehead atoms. The number of nitrogens with one attached hydrogen (secondary N) is 1. The quantitative estimate of drug-likeness (QED) is 0.780. The summed E-state index contributed by atoms with van der Waals surface area (Å²) in [6.07, 6.45) is 6.01. The molecule has 2 aromatic heterocycles. The third-order valence-corrected chi connectivity index (χ3v) is 5.17. The summed E-state index contributed by atoms with van der Waals surface area (Å²) >= 11 is 1.34. The molecule has 0 saturated heterocycles. The lowest BCUT2D eigenvalue weighted by molar-refractivity contribution is -0.122. The minimum atomic E-state index is 0.0162. The molecule has 0 radical (unpaired) electrons. The van der Waals surface area contributed by atoms with Crippen LogP contribution >= 0.6 is 11.3 Å². The number of carbonyl (C=O) groups is 1. The fourth-order valence-electron chi connectivity index (χ4n) is 2.64. The van der Waals surface area contributed by atoms with E-state index in [1.165, 1.54) is 17.7 Å². The molecule has 124 valence electrons. The predicted octanol–water partition coefficient (Wildman–Crippen LogP) is 3.00. The molecule has 25 heavy (non-hydrogen) atoms. The van der Waals surface area contributed by atoms with Crippen LogP contribution in [-0.2, 0) is 4.79 Å². The second-order valence-electron chi connectivity index (χ2n) is 5.82. The first-order valence-electron chi connectivity index (χ1n) is 7.92. The first kappa shape index (κ1) is 15.5. The number of aromatic nitrogens is 4. The van der Waals surface area contributed by atoms with Crippen molar-refractivity contribution >= 4 is 22.4 Å². The topological polar surface area (TPSA) is 96.5 Å². The third kappa shape index (κ3) is 3.02. The van der Waals surface area contributed by atoms with Crippen LogP contribution in [-0.4, -0.2) is 25.7 Å². The molecule has 1 N–H and O–H groups in total. The molecule has 0 spiro atoms. The van der Waals surface area contributed by atoms with Gasteiger partial charge in [-0.1, -0.05) is 29.9 Å². The lowest BCUT2D eigenvalue weighted by Gasteiger charge is -2.23. The maximum absolute atomic E-state index is 12.2. The Morgan fingerprint density at radius 2 is 2.28 bits per heavy atom. The second-order valence-corrected chi connectivity index (χ2v) is 6.80. The number of anilines is 1. The van der Waals surface area contributed by atoms with Gasteiger partial charge in [-0.15, -0.1) is 0 Å². The highest BCUT2D eigenvalue weighted by Gasteiger charge is 2.26. The van der Waals surface area contributed by atoms with Gasteiger partial charge < -0.3 is 5.32 Å². The van der Waals surface area contributed by atoms with E-state index in [4.69, 9.17) is 5.26 Å². The zero-order valence-electron chi connectivity index (χ0n) is 13.2. The van der Waals surface area contributed by atoms with E-state index < -0.39 is 0 Å². The lowest BCUT2D eigenvalue weighted by atomic mass is 9.85. The molecule has 0 aliphatic heterocycles. The molecular weight excluding hydrogens is 336 g/mol. The molecule has 3 aromatic rings. The number of thiazole rings is 1. The van der Waals surface area contributed by atoms with Crippen molar-refractivity contribution in [2.75, 3.05) is 5.32 Å². The Morgan fingerprint density at radius 3 is 2.96 bits per heavy atom. The van der Waals surface area contributed by atoms with Gasteiger partial charge in [0.1, 0.15) is 23.3 Å². The first-order valence-corrected chi connectivity index (χ1v) is 8.73.